The molecule has 0 atom stereocenters. The minimum atomic E-state index is -0.307. The number of carbonyl (C=O) groups is 1. The minimum Gasteiger partial charge on any atom is -0.370 e. The van der Waals surface area contributed by atoms with E-state index in [2.05, 4.69) is 15.3 Å². The highest BCUT2D eigenvalue weighted by atomic mass is 19.1. The molecule has 1 aliphatic rings. The van der Waals surface area contributed by atoms with Crippen LogP contribution in [0.25, 0.3) is 0 Å². The molecule has 0 radical (unpaired) electrons. The van der Waals surface area contributed by atoms with Crippen LogP contribution >= 0.6 is 0 Å². The number of hydrogen-bond donors (Lipinski definition) is 1. The standard InChI is InChI=1S/C20H25FN4O2/c1-2-9-25-19(26)12-17(14-23-25)24-10-7-15(8-11-24)20(27)22-13-16-5-3-4-6-18(16)21/h3-6,12,14-15H,2,7-11,13H2,1H3,(H,22,27). The van der Waals surface area contributed by atoms with Gasteiger partial charge in [0.05, 0.1) is 11.9 Å². The van der Waals surface area contributed by atoms with Crippen LogP contribution in [0.4, 0.5) is 10.1 Å². The number of benzene rings is 1. The van der Waals surface area contributed by atoms with Gasteiger partial charge in [-0.2, -0.15) is 5.10 Å². The molecule has 0 unspecified atom stereocenters. The Morgan fingerprint density at radius 1 is 1.30 bits per heavy atom. The highest BCUT2D eigenvalue weighted by molar-refractivity contribution is 5.79. The highest BCUT2D eigenvalue weighted by Crippen LogP contribution is 2.22. The van der Waals surface area contributed by atoms with Gasteiger partial charge in [0, 0.05) is 43.7 Å². The number of aromatic nitrogens is 2. The van der Waals surface area contributed by atoms with Gasteiger partial charge in [-0.15, -0.1) is 0 Å². The van der Waals surface area contributed by atoms with E-state index in [-0.39, 0.29) is 29.7 Å². The van der Waals surface area contributed by atoms with Crippen molar-refractivity contribution in [3.05, 3.63) is 58.3 Å². The van der Waals surface area contributed by atoms with Gasteiger partial charge in [0.2, 0.25) is 5.91 Å². The number of nitrogens with one attached hydrogen (secondary N) is 1. The lowest BCUT2D eigenvalue weighted by Crippen LogP contribution is -2.41. The summed E-state index contributed by atoms with van der Waals surface area (Å²) in [4.78, 5) is 26.5. The van der Waals surface area contributed by atoms with Crippen LogP contribution in [-0.2, 0) is 17.9 Å². The van der Waals surface area contributed by atoms with E-state index in [0.717, 1.165) is 12.1 Å². The summed E-state index contributed by atoms with van der Waals surface area (Å²) >= 11 is 0. The highest BCUT2D eigenvalue weighted by Gasteiger charge is 2.25. The van der Waals surface area contributed by atoms with E-state index in [1.807, 2.05) is 6.92 Å². The summed E-state index contributed by atoms with van der Waals surface area (Å²) in [5.41, 5.74) is 1.19. The van der Waals surface area contributed by atoms with Crippen molar-refractivity contribution in [2.24, 2.45) is 5.92 Å². The number of anilines is 1. The molecule has 1 amide bonds. The van der Waals surface area contributed by atoms with E-state index < -0.39 is 0 Å². The van der Waals surface area contributed by atoms with Gasteiger partial charge in [-0.3, -0.25) is 9.59 Å². The molecule has 1 fully saturated rings. The predicted octanol–water partition coefficient (Wildman–Crippen LogP) is 2.33. The molecule has 2 heterocycles. The Balaban J connectivity index is 1.52. The summed E-state index contributed by atoms with van der Waals surface area (Å²) in [6, 6.07) is 8.06. The SMILES string of the molecule is CCCn1ncc(N2CCC(C(=O)NCc3ccccc3F)CC2)cc1=O. The van der Waals surface area contributed by atoms with Crippen LogP contribution in [0.3, 0.4) is 0 Å². The van der Waals surface area contributed by atoms with Crippen molar-refractivity contribution in [2.45, 2.75) is 39.3 Å². The fourth-order valence-electron chi connectivity index (χ4n) is 3.35. The van der Waals surface area contributed by atoms with Gasteiger partial charge in [0.15, 0.2) is 0 Å². The van der Waals surface area contributed by atoms with Gasteiger partial charge in [0.1, 0.15) is 5.82 Å². The van der Waals surface area contributed by atoms with Gasteiger partial charge in [0.25, 0.3) is 5.56 Å². The molecule has 3 rings (SSSR count). The monoisotopic (exact) mass is 372 g/mol. The molecule has 0 saturated carbocycles. The smallest absolute Gasteiger partial charge is 0.268 e. The lowest BCUT2D eigenvalue weighted by atomic mass is 9.95. The van der Waals surface area contributed by atoms with E-state index in [1.54, 1.807) is 30.5 Å². The second-order valence-corrected chi connectivity index (χ2v) is 6.85. The van der Waals surface area contributed by atoms with Crippen molar-refractivity contribution in [2.75, 3.05) is 18.0 Å². The van der Waals surface area contributed by atoms with Crippen LogP contribution in [0.1, 0.15) is 31.7 Å². The van der Waals surface area contributed by atoms with Gasteiger partial charge in [-0.05, 0) is 25.3 Å². The van der Waals surface area contributed by atoms with E-state index in [9.17, 15) is 14.0 Å². The van der Waals surface area contributed by atoms with Crippen molar-refractivity contribution < 1.29 is 9.18 Å². The van der Waals surface area contributed by atoms with Crippen LogP contribution < -0.4 is 15.8 Å². The van der Waals surface area contributed by atoms with E-state index >= 15 is 0 Å². The summed E-state index contributed by atoms with van der Waals surface area (Å²) in [5.74, 6) is -0.450. The lowest BCUT2D eigenvalue weighted by molar-refractivity contribution is -0.125. The molecule has 6 nitrogen and oxygen atoms in total. The molecule has 7 heteroatoms. The Morgan fingerprint density at radius 3 is 2.70 bits per heavy atom. The van der Waals surface area contributed by atoms with Gasteiger partial charge < -0.3 is 10.2 Å². The Labute approximate surface area is 158 Å². The topological polar surface area (TPSA) is 67.2 Å². The van der Waals surface area contributed by atoms with E-state index in [1.165, 1.54) is 10.7 Å². The van der Waals surface area contributed by atoms with Crippen LogP contribution in [0.5, 0.6) is 0 Å². The Kier molecular flexibility index (Phi) is 6.21. The fraction of sp³-hybridized carbons (Fsp3) is 0.450. The van der Waals surface area contributed by atoms with Crippen molar-refractivity contribution in [3.8, 4) is 0 Å². The number of halogens is 1. The first kappa shape index (κ1) is 19.1. The maximum Gasteiger partial charge on any atom is 0.268 e. The third kappa shape index (κ3) is 4.72. The molecule has 1 aromatic heterocycles. The van der Waals surface area contributed by atoms with Crippen LogP contribution in [0, 0.1) is 11.7 Å². The first-order chi connectivity index (χ1) is 13.1. The summed E-state index contributed by atoms with van der Waals surface area (Å²) in [7, 11) is 0. The van der Waals surface area contributed by atoms with E-state index in [4.69, 9.17) is 0 Å². The molecule has 0 spiro atoms. The fourth-order valence-corrected chi connectivity index (χ4v) is 3.35. The lowest BCUT2D eigenvalue weighted by Gasteiger charge is -2.32. The third-order valence-electron chi connectivity index (χ3n) is 4.93. The summed E-state index contributed by atoms with van der Waals surface area (Å²) < 4.78 is 15.1. The molecule has 144 valence electrons. The van der Waals surface area contributed by atoms with Gasteiger partial charge in [-0.1, -0.05) is 25.1 Å². The molecule has 0 bridgehead atoms. The normalized spacial score (nSPS) is 15.0. The van der Waals surface area contributed by atoms with Crippen molar-refractivity contribution in [1.82, 2.24) is 15.1 Å². The largest absolute Gasteiger partial charge is 0.370 e. The maximum absolute atomic E-state index is 13.6. The van der Waals surface area contributed by atoms with Crippen molar-refractivity contribution in [3.63, 3.8) is 0 Å². The second-order valence-electron chi connectivity index (χ2n) is 6.85. The molecule has 1 N–H and O–H groups in total. The summed E-state index contributed by atoms with van der Waals surface area (Å²) in [6.45, 7) is 4.20. The molecule has 1 aliphatic heterocycles. The van der Waals surface area contributed by atoms with E-state index in [0.29, 0.717) is 38.0 Å². The molecule has 1 saturated heterocycles. The quantitative estimate of drug-likeness (QED) is 0.845. The van der Waals surface area contributed by atoms with Crippen molar-refractivity contribution >= 4 is 11.6 Å². The minimum absolute atomic E-state index is 0.0469. The molecule has 1 aromatic carbocycles. The van der Waals surface area contributed by atoms with Crippen LogP contribution in [-0.4, -0.2) is 28.8 Å². The first-order valence-corrected chi connectivity index (χ1v) is 9.41. The number of piperidine rings is 1. The number of amides is 1. The molecule has 0 aliphatic carbocycles. The van der Waals surface area contributed by atoms with Gasteiger partial charge >= 0.3 is 0 Å². The molecule has 27 heavy (non-hydrogen) atoms. The number of aryl methyl sites for hydroxylation is 1. The number of nitrogens with zero attached hydrogens (tertiary/aromatic N) is 3. The summed E-state index contributed by atoms with van der Waals surface area (Å²) in [5, 5.41) is 7.05. The zero-order valence-electron chi connectivity index (χ0n) is 15.5. The molecular formula is C20H25FN4O2. The number of hydrogen-bond acceptors (Lipinski definition) is 4. The second kappa shape index (κ2) is 8.79. The average Bonchev–Trinajstić information content (AvgIpc) is 2.69. The van der Waals surface area contributed by atoms with Crippen LogP contribution in [0.2, 0.25) is 0 Å². The zero-order chi connectivity index (χ0) is 19.2. The number of rotatable bonds is 6. The predicted molar refractivity (Wildman–Crippen MR) is 102 cm³/mol. The van der Waals surface area contributed by atoms with Crippen LogP contribution in [0.15, 0.2) is 41.3 Å². The zero-order valence-corrected chi connectivity index (χ0v) is 15.5. The first-order valence-electron chi connectivity index (χ1n) is 9.41. The molecule has 2 aromatic rings. The van der Waals surface area contributed by atoms with Crippen molar-refractivity contribution in [1.29, 1.82) is 0 Å². The van der Waals surface area contributed by atoms with Gasteiger partial charge in [-0.25, -0.2) is 9.07 Å². The number of carbonyl (C=O) groups excluding carboxylic acids is 1. The molecular weight excluding hydrogens is 347 g/mol. The Morgan fingerprint density at radius 2 is 2.04 bits per heavy atom. The Bertz CT molecular complexity index is 844. The average molecular weight is 372 g/mol. The Hall–Kier alpha value is -2.70. The third-order valence-corrected chi connectivity index (χ3v) is 4.93. The maximum atomic E-state index is 13.6. The summed E-state index contributed by atoms with van der Waals surface area (Å²) in [6.07, 6.45) is 3.97.